The molecule has 114 valence electrons. The first kappa shape index (κ1) is 14.6. The van der Waals surface area contributed by atoms with Crippen LogP contribution < -0.4 is 5.73 Å². The molecule has 0 bridgehead atoms. The van der Waals surface area contributed by atoms with E-state index in [1.165, 1.54) is 12.5 Å². The Morgan fingerprint density at radius 3 is 3.00 bits per heavy atom. The minimum atomic E-state index is -0.240. The number of benzene rings is 1. The summed E-state index contributed by atoms with van der Waals surface area (Å²) in [6, 6.07) is 4.88. The Balaban J connectivity index is 1.69. The Kier molecular flexibility index (Phi) is 4.07. The Bertz CT molecular complexity index is 540. The molecule has 1 saturated carbocycles. The maximum Gasteiger partial charge on any atom is 0.191 e. The third-order valence-corrected chi connectivity index (χ3v) is 4.74. The molecule has 2 aliphatic rings. The summed E-state index contributed by atoms with van der Waals surface area (Å²) in [6.07, 6.45) is 3.23. The molecule has 1 aromatic carbocycles. The van der Waals surface area contributed by atoms with E-state index in [0.29, 0.717) is 22.5 Å². The molecule has 1 saturated heterocycles. The minimum Gasteiger partial charge on any atom is -0.370 e. The Morgan fingerprint density at radius 1 is 1.48 bits per heavy atom. The van der Waals surface area contributed by atoms with Crippen LogP contribution in [0.2, 0.25) is 5.02 Å². The fourth-order valence-corrected chi connectivity index (χ4v) is 3.45. The molecule has 1 aliphatic heterocycles. The lowest BCUT2D eigenvalue weighted by Crippen LogP contribution is -2.43. The summed E-state index contributed by atoms with van der Waals surface area (Å²) in [5.74, 6) is 1.08. The zero-order valence-electron chi connectivity index (χ0n) is 12.2. The van der Waals surface area contributed by atoms with E-state index in [1.54, 1.807) is 12.1 Å². The molecule has 21 heavy (non-hydrogen) atoms. The van der Waals surface area contributed by atoms with Crippen LogP contribution in [0, 0.1) is 11.7 Å². The number of likely N-dealkylation sites (tertiary alicyclic amines) is 1. The largest absolute Gasteiger partial charge is 0.370 e. The number of aliphatic imine (C=N–C) groups is 1. The molecule has 0 spiro atoms. The van der Waals surface area contributed by atoms with Crippen LogP contribution in [0.5, 0.6) is 0 Å². The Labute approximate surface area is 130 Å². The van der Waals surface area contributed by atoms with Crippen molar-refractivity contribution in [2.45, 2.75) is 38.1 Å². The predicted molar refractivity (Wildman–Crippen MR) is 84.1 cm³/mol. The normalized spacial score (nSPS) is 29.6. The summed E-state index contributed by atoms with van der Waals surface area (Å²) in [6.45, 7) is 4.17. The predicted octanol–water partition coefficient (Wildman–Crippen LogP) is 3.38. The number of guanidine groups is 1. The van der Waals surface area contributed by atoms with E-state index in [-0.39, 0.29) is 17.8 Å². The van der Waals surface area contributed by atoms with Gasteiger partial charge in [-0.3, -0.25) is 0 Å². The van der Waals surface area contributed by atoms with Gasteiger partial charge in [-0.25, -0.2) is 9.38 Å². The molecule has 1 aromatic rings. The van der Waals surface area contributed by atoms with E-state index >= 15 is 0 Å². The SMILES string of the molecule is CC1CCCN(C(N)=NC2CC2c2c(F)cccc2Cl)C1. The molecule has 3 nitrogen and oxygen atoms in total. The van der Waals surface area contributed by atoms with Gasteiger partial charge in [-0.15, -0.1) is 0 Å². The third kappa shape index (κ3) is 3.15. The van der Waals surface area contributed by atoms with Crippen LogP contribution in [0.25, 0.3) is 0 Å². The van der Waals surface area contributed by atoms with Crippen LogP contribution in [-0.4, -0.2) is 30.0 Å². The number of hydrogen-bond acceptors (Lipinski definition) is 1. The summed E-state index contributed by atoms with van der Waals surface area (Å²) in [4.78, 5) is 6.73. The van der Waals surface area contributed by atoms with Gasteiger partial charge in [-0.1, -0.05) is 24.6 Å². The maximum atomic E-state index is 13.9. The van der Waals surface area contributed by atoms with Gasteiger partial charge < -0.3 is 10.6 Å². The highest BCUT2D eigenvalue weighted by Crippen LogP contribution is 2.47. The highest BCUT2D eigenvalue weighted by molar-refractivity contribution is 6.31. The summed E-state index contributed by atoms with van der Waals surface area (Å²) >= 11 is 6.10. The minimum absolute atomic E-state index is 0.0663. The van der Waals surface area contributed by atoms with E-state index in [4.69, 9.17) is 17.3 Å². The van der Waals surface area contributed by atoms with Crippen LogP contribution in [0.3, 0.4) is 0 Å². The number of nitrogens with zero attached hydrogens (tertiary/aromatic N) is 2. The Hall–Kier alpha value is -1.29. The molecule has 3 rings (SSSR count). The summed E-state index contributed by atoms with van der Waals surface area (Å²) in [5, 5.41) is 0.489. The van der Waals surface area contributed by atoms with Gasteiger partial charge in [0.15, 0.2) is 5.96 Å². The van der Waals surface area contributed by atoms with Crippen molar-refractivity contribution in [3.8, 4) is 0 Å². The van der Waals surface area contributed by atoms with Crippen LogP contribution >= 0.6 is 11.6 Å². The van der Waals surface area contributed by atoms with Gasteiger partial charge >= 0.3 is 0 Å². The van der Waals surface area contributed by atoms with E-state index in [0.717, 1.165) is 25.9 Å². The van der Waals surface area contributed by atoms with Crippen molar-refractivity contribution in [3.05, 3.63) is 34.6 Å². The standard InChI is InChI=1S/C16H21ClFN3/c1-10-4-3-7-21(9-10)16(19)20-14-8-11(14)15-12(17)5-2-6-13(15)18/h2,5-6,10-11,14H,3-4,7-9H2,1H3,(H2,19,20). The van der Waals surface area contributed by atoms with Crippen LogP contribution in [0.15, 0.2) is 23.2 Å². The molecular formula is C16H21ClFN3. The van der Waals surface area contributed by atoms with Gasteiger partial charge in [0.2, 0.25) is 0 Å². The average Bonchev–Trinajstić information content (AvgIpc) is 3.17. The lowest BCUT2D eigenvalue weighted by molar-refractivity contribution is 0.270. The van der Waals surface area contributed by atoms with Gasteiger partial charge in [-0.05, 0) is 37.3 Å². The highest BCUT2D eigenvalue weighted by atomic mass is 35.5. The van der Waals surface area contributed by atoms with E-state index in [2.05, 4.69) is 16.8 Å². The smallest absolute Gasteiger partial charge is 0.191 e. The number of halogens is 2. The van der Waals surface area contributed by atoms with E-state index in [9.17, 15) is 4.39 Å². The van der Waals surface area contributed by atoms with Crippen molar-refractivity contribution in [1.29, 1.82) is 0 Å². The van der Waals surface area contributed by atoms with Crippen molar-refractivity contribution in [3.63, 3.8) is 0 Å². The molecule has 1 heterocycles. The Morgan fingerprint density at radius 2 is 2.29 bits per heavy atom. The maximum absolute atomic E-state index is 13.9. The molecule has 5 heteroatoms. The first-order valence-corrected chi connectivity index (χ1v) is 7.96. The summed E-state index contributed by atoms with van der Waals surface area (Å²) in [5.41, 5.74) is 6.71. The number of piperidine rings is 1. The number of nitrogens with two attached hydrogens (primary N) is 1. The first-order valence-electron chi connectivity index (χ1n) is 7.58. The summed E-state index contributed by atoms with van der Waals surface area (Å²) < 4.78 is 13.9. The monoisotopic (exact) mass is 309 g/mol. The van der Waals surface area contributed by atoms with E-state index in [1.807, 2.05) is 0 Å². The molecule has 0 amide bonds. The first-order chi connectivity index (χ1) is 10.1. The average molecular weight is 310 g/mol. The summed E-state index contributed by atoms with van der Waals surface area (Å²) in [7, 11) is 0. The van der Waals surface area contributed by atoms with Crippen molar-refractivity contribution in [2.75, 3.05) is 13.1 Å². The van der Waals surface area contributed by atoms with Crippen molar-refractivity contribution < 1.29 is 4.39 Å². The van der Waals surface area contributed by atoms with Gasteiger partial charge in [0.1, 0.15) is 5.82 Å². The quantitative estimate of drug-likeness (QED) is 0.672. The molecule has 2 fully saturated rings. The molecule has 0 aromatic heterocycles. The van der Waals surface area contributed by atoms with Gasteiger partial charge in [0.25, 0.3) is 0 Å². The van der Waals surface area contributed by atoms with Crippen LogP contribution in [0.1, 0.15) is 37.7 Å². The molecule has 3 unspecified atom stereocenters. The molecule has 2 N–H and O–H groups in total. The van der Waals surface area contributed by atoms with Gasteiger partial charge in [-0.2, -0.15) is 0 Å². The number of rotatable bonds is 2. The van der Waals surface area contributed by atoms with Crippen molar-refractivity contribution in [2.24, 2.45) is 16.6 Å². The van der Waals surface area contributed by atoms with Crippen LogP contribution in [0.4, 0.5) is 4.39 Å². The second-order valence-electron chi connectivity index (χ2n) is 6.23. The fourth-order valence-electron chi connectivity index (χ4n) is 3.15. The van der Waals surface area contributed by atoms with Crippen LogP contribution in [-0.2, 0) is 0 Å². The topological polar surface area (TPSA) is 41.6 Å². The fraction of sp³-hybridized carbons (Fsp3) is 0.562. The van der Waals surface area contributed by atoms with Crippen molar-refractivity contribution in [1.82, 2.24) is 4.90 Å². The third-order valence-electron chi connectivity index (χ3n) is 4.41. The lowest BCUT2D eigenvalue weighted by Gasteiger charge is -2.31. The second kappa shape index (κ2) is 5.84. The lowest BCUT2D eigenvalue weighted by atomic mass is 10.0. The molecule has 3 atom stereocenters. The zero-order chi connectivity index (χ0) is 15.0. The molecular weight excluding hydrogens is 289 g/mol. The zero-order valence-corrected chi connectivity index (χ0v) is 13.0. The number of hydrogen-bond donors (Lipinski definition) is 1. The van der Waals surface area contributed by atoms with Gasteiger partial charge in [0.05, 0.1) is 6.04 Å². The van der Waals surface area contributed by atoms with Gasteiger partial charge in [0, 0.05) is 29.6 Å². The molecule has 1 aliphatic carbocycles. The highest BCUT2D eigenvalue weighted by Gasteiger charge is 2.41. The van der Waals surface area contributed by atoms with E-state index < -0.39 is 0 Å². The second-order valence-corrected chi connectivity index (χ2v) is 6.63. The van der Waals surface area contributed by atoms with Crippen molar-refractivity contribution >= 4 is 17.6 Å². The molecule has 0 radical (unpaired) electrons.